The van der Waals surface area contributed by atoms with Crippen molar-refractivity contribution in [3.05, 3.63) is 119 Å². The number of hydrogen-bond donors (Lipinski definition) is 4. The number of nitrogens with zero attached hydrogens (tertiary/aromatic N) is 3. The fourth-order valence-corrected chi connectivity index (χ4v) is 4.31. The van der Waals surface area contributed by atoms with E-state index in [1.165, 1.54) is 7.11 Å². The van der Waals surface area contributed by atoms with Crippen LogP contribution in [0.25, 0.3) is 0 Å². The Morgan fingerprint density at radius 1 is 0.723 bits per heavy atom. The van der Waals surface area contributed by atoms with E-state index in [9.17, 15) is 9.59 Å². The van der Waals surface area contributed by atoms with Gasteiger partial charge in [0.25, 0.3) is 5.91 Å². The van der Waals surface area contributed by atoms with Gasteiger partial charge in [0.2, 0.25) is 0 Å². The van der Waals surface area contributed by atoms with Gasteiger partial charge in [-0.3, -0.25) is 9.59 Å². The molecule has 47 heavy (non-hydrogen) atoms. The zero-order valence-corrected chi connectivity index (χ0v) is 28.1. The molecule has 0 aliphatic rings. The van der Waals surface area contributed by atoms with E-state index in [0.29, 0.717) is 35.6 Å². The van der Waals surface area contributed by atoms with E-state index in [0.717, 1.165) is 34.5 Å². The number of hydrogen-bond acceptors (Lipinski definition) is 9. The van der Waals surface area contributed by atoms with Crippen LogP contribution in [0.5, 0.6) is 0 Å². The topological polar surface area (TPSA) is 127 Å². The summed E-state index contributed by atoms with van der Waals surface area (Å²) < 4.78 is 0. The first-order valence-electron chi connectivity index (χ1n) is 15.4. The smallest absolute Gasteiger partial charge is 0.255 e. The molecule has 4 N–H and O–H groups in total. The minimum Gasteiger partial charge on any atom is -0.399 e. The molecular formula is C37H47N5O5. The predicted molar refractivity (Wildman–Crippen MR) is 193 cm³/mol. The van der Waals surface area contributed by atoms with Crippen LogP contribution in [-0.2, 0) is 4.84 Å². The molecule has 0 saturated carbocycles. The van der Waals surface area contributed by atoms with E-state index in [1.807, 2.05) is 118 Å². The Labute approximate surface area is 278 Å². The van der Waals surface area contributed by atoms with Crippen LogP contribution >= 0.6 is 0 Å². The van der Waals surface area contributed by atoms with E-state index in [-0.39, 0.29) is 19.1 Å². The lowest BCUT2D eigenvalue weighted by Gasteiger charge is -2.18. The zero-order chi connectivity index (χ0) is 34.6. The monoisotopic (exact) mass is 641 g/mol. The summed E-state index contributed by atoms with van der Waals surface area (Å²) in [6, 6.07) is 29.9. The molecule has 0 fully saturated rings. The number of aldehydes is 1. The Morgan fingerprint density at radius 2 is 1.15 bits per heavy atom. The van der Waals surface area contributed by atoms with Crippen LogP contribution < -0.4 is 20.4 Å². The van der Waals surface area contributed by atoms with Crippen LogP contribution in [0.3, 0.4) is 0 Å². The van der Waals surface area contributed by atoms with Crippen LogP contribution in [0.4, 0.5) is 22.7 Å². The predicted octanol–water partition coefficient (Wildman–Crippen LogP) is 5.76. The molecule has 4 aromatic carbocycles. The molecule has 10 nitrogen and oxygen atoms in total. The number of nitrogens with one attached hydrogen (secondary N) is 2. The number of oxime groups is 1. The molecule has 0 bridgehead atoms. The molecule has 0 aliphatic carbocycles. The van der Waals surface area contributed by atoms with Crippen molar-refractivity contribution in [2.24, 2.45) is 5.16 Å². The van der Waals surface area contributed by atoms with E-state index in [2.05, 4.69) is 15.8 Å². The lowest BCUT2D eigenvalue weighted by Crippen LogP contribution is -2.21. The molecule has 4 aromatic rings. The molecule has 1 amide bonds. The van der Waals surface area contributed by atoms with Gasteiger partial charge in [-0.15, -0.1) is 0 Å². The Balaban J connectivity index is 0.000000427. The SMILES string of the molecule is CC.CN(CCO)c1ccc(C=O)cc1.CNc1ccc(/C(=N/OC)c2ccc(NC(=O)c3ccc(N(C)CCO)cc3)cc2)cc1. The highest BCUT2D eigenvalue weighted by molar-refractivity contribution is 6.13. The number of aliphatic hydroxyl groups is 2. The standard InChI is InChI=1S/C25H28N4O3.C10H13NO2.C2H6/c1-26-21-10-4-18(5-11-21)24(28-32-3)19-6-12-22(13-7-19)27-25(31)20-8-14-23(15-9-20)29(2)16-17-30;1-11(6-7-12)10-4-2-9(8-13)3-5-10;1-2/h4-15,26,30H,16-17H2,1-3H3,(H,27,31);2-5,8,12H,6-7H2,1H3;1-2H3/b28-24-;;. The maximum Gasteiger partial charge on any atom is 0.255 e. The second-order valence-electron chi connectivity index (χ2n) is 10.0. The number of likely N-dealkylation sites (N-methyl/N-ethyl adjacent to an activating group) is 2. The van der Waals surface area contributed by atoms with Gasteiger partial charge in [-0.1, -0.05) is 43.3 Å². The van der Waals surface area contributed by atoms with Crippen molar-refractivity contribution in [1.82, 2.24) is 0 Å². The number of carbonyl (C=O) groups excluding carboxylic acids is 2. The van der Waals surface area contributed by atoms with Crippen molar-refractivity contribution in [2.75, 3.05) is 75.0 Å². The van der Waals surface area contributed by atoms with E-state index >= 15 is 0 Å². The lowest BCUT2D eigenvalue weighted by atomic mass is 10.0. The third-order valence-electron chi connectivity index (χ3n) is 6.96. The van der Waals surface area contributed by atoms with Crippen LogP contribution in [-0.4, -0.2) is 82.7 Å². The van der Waals surface area contributed by atoms with Crippen molar-refractivity contribution in [1.29, 1.82) is 0 Å². The summed E-state index contributed by atoms with van der Waals surface area (Å²) in [7, 11) is 7.18. The molecule has 0 saturated heterocycles. The largest absolute Gasteiger partial charge is 0.399 e. The molecule has 0 unspecified atom stereocenters. The number of carbonyl (C=O) groups is 2. The summed E-state index contributed by atoms with van der Waals surface area (Å²) >= 11 is 0. The number of rotatable bonds is 13. The van der Waals surface area contributed by atoms with Gasteiger partial charge < -0.3 is 35.5 Å². The van der Waals surface area contributed by atoms with Gasteiger partial charge in [0, 0.05) is 79.2 Å². The lowest BCUT2D eigenvalue weighted by molar-refractivity contribution is 0.102. The van der Waals surface area contributed by atoms with Gasteiger partial charge in [-0.25, -0.2) is 0 Å². The zero-order valence-electron chi connectivity index (χ0n) is 28.1. The highest BCUT2D eigenvalue weighted by Gasteiger charge is 2.11. The van der Waals surface area contributed by atoms with Crippen molar-refractivity contribution in [3.8, 4) is 0 Å². The number of benzene rings is 4. The van der Waals surface area contributed by atoms with Crippen molar-refractivity contribution in [3.63, 3.8) is 0 Å². The van der Waals surface area contributed by atoms with Crippen LogP contribution in [0, 0.1) is 0 Å². The Morgan fingerprint density at radius 3 is 1.55 bits per heavy atom. The minimum absolute atomic E-state index is 0.0762. The van der Waals surface area contributed by atoms with Gasteiger partial charge >= 0.3 is 0 Å². The van der Waals surface area contributed by atoms with Crippen LogP contribution in [0.15, 0.2) is 102 Å². The maximum absolute atomic E-state index is 12.6. The van der Waals surface area contributed by atoms with E-state index in [1.54, 1.807) is 24.3 Å². The highest BCUT2D eigenvalue weighted by Crippen LogP contribution is 2.19. The number of amides is 1. The molecule has 0 aromatic heterocycles. The average molecular weight is 642 g/mol. The summed E-state index contributed by atoms with van der Waals surface area (Å²) in [6.07, 6.45) is 0.815. The van der Waals surface area contributed by atoms with Gasteiger partial charge in [-0.2, -0.15) is 0 Å². The quantitative estimate of drug-likeness (QED) is 0.0825. The summed E-state index contributed by atoms with van der Waals surface area (Å²) in [5, 5.41) is 27.9. The summed E-state index contributed by atoms with van der Waals surface area (Å²) in [5.41, 5.74) is 7.36. The Hall–Kier alpha value is -5.19. The number of aliphatic hydroxyl groups excluding tert-OH is 2. The first kappa shape index (κ1) is 38.0. The molecule has 0 radical (unpaired) electrons. The fraction of sp³-hybridized carbons (Fsp3) is 0.270. The summed E-state index contributed by atoms with van der Waals surface area (Å²) in [5.74, 6) is -0.192. The number of anilines is 4. The molecule has 0 spiro atoms. The molecular weight excluding hydrogens is 594 g/mol. The van der Waals surface area contributed by atoms with Gasteiger partial charge in [0.1, 0.15) is 19.1 Å². The normalized spacial score (nSPS) is 10.3. The third kappa shape index (κ3) is 11.9. The first-order chi connectivity index (χ1) is 22.8. The van der Waals surface area contributed by atoms with Gasteiger partial charge in [-0.05, 0) is 72.8 Å². The Bertz CT molecular complexity index is 1510. The molecule has 0 atom stereocenters. The van der Waals surface area contributed by atoms with Gasteiger partial charge in [0.15, 0.2) is 0 Å². The van der Waals surface area contributed by atoms with Crippen molar-refractivity contribution >= 4 is 40.7 Å². The fourth-order valence-electron chi connectivity index (χ4n) is 4.31. The van der Waals surface area contributed by atoms with Crippen molar-refractivity contribution in [2.45, 2.75) is 13.8 Å². The summed E-state index contributed by atoms with van der Waals surface area (Å²) in [6.45, 7) is 5.34. The van der Waals surface area contributed by atoms with Gasteiger partial charge in [0.05, 0.1) is 13.2 Å². The molecule has 10 heteroatoms. The second-order valence-corrected chi connectivity index (χ2v) is 10.0. The Kier molecular flexibility index (Phi) is 16.8. The van der Waals surface area contributed by atoms with Crippen LogP contribution in [0.2, 0.25) is 0 Å². The molecule has 250 valence electrons. The maximum atomic E-state index is 12.6. The highest BCUT2D eigenvalue weighted by atomic mass is 16.6. The molecule has 0 aliphatic heterocycles. The summed E-state index contributed by atoms with van der Waals surface area (Å²) in [4.78, 5) is 31.9. The molecule has 4 rings (SSSR count). The first-order valence-corrected chi connectivity index (χ1v) is 15.4. The van der Waals surface area contributed by atoms with Crippen molar-refractivity contribution < 1.29 is 24.6 Å². The third-order valence-corrected chi connectivity index (χ3v) is 6.96. The van der Waals surface area contributed by atoms with E-state index < -0.39 is 0 Å². The van der Waals surface area contributed by atoms with E-state index in [4.69, 9.17) is 15.1 Å². The minimum atomic E-state index is -0.192. The second kappa shape index (κ2) is 20.8. The molecule has 0 heterocycles. The average Bonchev–Trinajstić information content (AvgIpc) is 3.12. The van der Waals surface area contributed by atoms with Crippen LogP contribution in [0.1, 0.15) is 45.7 Å².